The van der Waals surface area contributed by atoms with E-state index in [0.717, 1.165) is 58.9 Å². The molecule has 0 bridgehead atoms. The Morgan fingerprint density at radius 1 is 0.966 bits per heavy atom. The molecule has 152 valence electrons. The summed E-state index contributed by atoms with van der Waals surface area (Å²) in [5.74, 6) is 3.30. The molecule has 1 fully saturated rings. The van der Waals surface area contributed by atoms with Crippen LogP contribution >= 0.6 is 11.8 Å². The summed E-state index contributed by atoms with van der Waals surface area (Å²) < 4.78 is 18.6. The number of ether oxygens (including phenoxy) is 3. The molecular weight excluding hydrogens is 386 g/mol. The number of benzene rings is 2. The Balaban J connectivity index is 1.67. The maximum atomic E-state index is 5.88. The first-order chi connectivity index (χ1) is 14.3. The number of hydrogen-bond donors (Lipinski definition) is 0. The van der Waals surface area contributed by atoms with Gasteiger partial charge in [0.1, 0.15) is 11.5 Å². The van der Waals surface area contributed by atoms with Crippen LogP contribution in [0.5, 0.6) is 11.5 Å². The quantitative estimate of drug-likeness (QED) is 0.529. The van der Waals surface area contributed by atoms with Crippen molar-refractivity contribution < 1.29 is 14.2 Å². The molecule has 1 aliphatic rings. The summed E-state index contributed by atoms with van der Waals surface area (Å²) in [4.78, 5) is 0. The number of rotatable bonds is 7. The van der Waals surface area contributed by atoms with Crippen molar-refractivity contribution in [1.82, 2.24) is 14.8 Å². The second-order valence-corrected chi connectivity index (χ2v) is 7.85. The molecule has 4 rings (SSSR count). The molecular formula is C22H25N3O3S. The van der Waals surface area contributed by atoms with Crippen molar-refractivity contribution in [2.45, 2.75) is 30.5 Å². The van der Waals surface area contributed by atoms with Crippen LogP contribution in [0.4, 0.5) is 0 Å². The molecule has 6 nitrogen and oxygen atoms in total. The van der Waals surface area contributed by atoms with Gasteiger partial charge in [0.15, 0.2) is 11.0 Å². The third-order valence-corrected chi connectivity index (χ3v) is 6.05. The average Bonchev–Trinajstić information content (AvgIpc) is 3.22. The van der Waals surface area contributed by atoms with E-state index in [4.69, 9.17) is 14.2 Å². The Bertz CT molecular complexity index is 919. The molecule has 1 aromatic heterocycles. The SMILES string of the molecule is COc1ccc(-c2nnc(SCC3CCCCO3)n2-c2ccc(OC)cc2)cc1. The molecule has 1 saturated heterocycles. The van der Waals surface area contributed by atoms with Gasteiger partial charge in [0.25, 0.3) is 0 Å². The van der Waals surface area contributed by atoms with Gasteiger partial charge in [-0.15, -0.1) is 10.2 Å². The van der Waals surface area contributed by atoms with Crippen LogP contribution in [0.1, 0.15) is 19.3 Å². The van der Waals surface area contributed by atoms with Crippen LogP contribution in [0, 0.1) is 0 Å². The van der Waals surface area contributed by atoms with E-state index in [1.54, 1.807) is 26.0 Å². The molecule has 1 aliphatic heterocycles. The lowest BCUT2D eigenvalue weighted by atomic mass is 10.1. The minimum Gasteiger partial charge on any atom is -0.497 e. The second kappa shape index (κ2) is 9.33. The maximum absolute atomic E-state index is 5.88. The minimum atomic E-state index is 0.277. The first kappa shape index (κ1) is 19.8. The van der Waals surface area contributed by atoms with Crippen LogP contribution in [0.25, 0.3) is 17.1 Å². The van der Waals surface area contributed by atoms with Gasteiger partial charge in [0, 0.05) is 23.6 Å². The van der Waals surface area contributed by atoms with Crippen molar-refractivity contribution in [3.63, 3.8) is 0 Å². The van der Waals surface area contributed by atoms with Gasteiger partial charge in [-0.2, -0.15) is 0 Å². The molecule has 1 unspecified atom stereocenters. The lowest BCUT2D eigenvalue weighted by Gasteiger charge is -2.22. The van der Waals surface area contributed by atoms with Gasteiger partial charge in [0.05, 0.1) is 20.3 Å². The van der Waals surface area contributed by atoms with E-state index < -0.39 is 0 Å². The summed E-state index contributed by atoms with van der Waals surface area (Å²) >= 11 is 1.69. The Morgan fingerprint density at radius 3 is 2.28 bits per heavy atom. The van der Waals surface area contributed by atoms with E-state index in [2.05, 4.69) is 14.8 Å². The third kappa shape index (κ3) is 4.57. The number of methoxy groups -OCH3 is 2. The first-order valence-electron chi connectivity index (χ1n) is 9.77. The van der Waals surface area contributed by atoms with Crippen molar-refractivity contribution in [2.75, 3.05) is 26.6 Å². The lowest BCUT2D eigenvalue weighted by Crippen LogP contribution is -2.21. The molecule has 2 heterocycles. The zero-order valence-corrected chi connectivity index (χ0v) is 17.5. The standard InChI is InChI=1S/C22H25N3O3S/c1-26-18-10-6-16(7-11-18)21-23-24-22(29-15-20-5-3-4-14-28-20)25(21)17-8-12-19(27-2)13-9-17/h6-13,20H,3-5,14-15H2,1-2H3. The van der Waals surface area contributed by atoms with Gasteiger partial charge in [-0.05, 0) is 67.8 Å². The monoisotopic (exact) mass is 411 g/mol. The fourth-order valence-corrected chi connectivity index (χ4v) is 4.38. The zero-order chi connectivity index (χ0) is 20.1. The van der Waals surface area contributed by atoms with Crippen LogP contribution in [-0.4, -0.2) is 47.4 Å². The normalized spacial score (nSPS) is 16.6. The van der Waals surface area contributed by atoms with Crippen molar-refractivity contribution in [2.24, 2.45) is 0 Å². The molecule has 0 saturated carbocycles. The van der Waals surface area contributed by atoms with E-state index in [0.29, 0.717) is 0 Å². The van der Waals surface area contributed by atoms with Crippen molar-refractivity contribution in [3.8, 4) is 28.6 Å². The summed E-state index contributed by atoms with van der Waals surface area (Å²) in [6, 6.07) is 15.8. The number of hydrogen-bond acceptors (Lipinski definition) is 6. The lowest BCUT2D eigenvalue weighted by molar-refractivity contribution is 0.0315. The molecule has 0 spiro atoms. The Morgan fingerprint density at radius 2 is 1.66 bits per heavy atom. The molecule has 1 atom stereocenters. The van der Waals surface area contributed by atoms with Crippen molar-refractivity contribution >= 4 is 11.8 Å². The summed E-state index contributed by atoms with van der Waals surface area (Å²) in [5, 5.41) is 9.86. The highest BCUT2D eigenvalue weighted by molar-refractivity contribution is 7.99. The minimum absolute atomic E-state index is 0.277. The Kier molecular flexibility index (Phi) is 6.36. The van der Waals surface area contributed by atoms with Crippen LogP contribution in [0.2, 0.25) is 0 Å². The van der Waals surface area contributed by atoms with Crippen LogP contribution in [0.3, 0.4) is 0 Å². The van der Waals surface area contributed by atoms with Crippen LogP contribution in [-0.2, 0) is 4.74 Å². The largest absolute Gasteiger partial charge is 0.497 e. The van der Waals surface area contributed by atoms with Gasteiger partial charge in [-0.3, -0.25) is 4.57 Å². The van der Waals surface area contributed by atoms with Gasteiger partial charge in [0.2, 0.25) is 0 Å². The molecule has 0 aliphatic carbocycles. The van der Waals surface area contributed by atoms with Gasteiger partial charge < -0.3 is 14.2 Å². The molecule has 2 aromatic carbocycles. The van der Waals surface area contributed by atoms with Gasteiger partial charge in [-0.25, -0.2) is 0 Å². The topological polar surface area (TPSA) is 58.4 Å². The highest BCUT2D eigenvalue weighted by Gasteiger charge is 2.20. The maximum Gasteiger partial charge on any atom is 0.196 e. The van der Waals surface area contributed by atoms with E-state index in [1.807, 2.05) is 48.5 Å². The van der Waals surface area contributed by atoms with E-state index in [9.17, 15) is 0 Å². The summed E-state index contributed by atoms with van der Waals surface area (Å²) in [5.41, 5.74) is 1.98. The number of thioether (sulfide) groups is 1. The molecule has 0 N–H and O–H groups in total. The summed E-state index contributed by atoms with van der Waals surface area (Å²) in [6.07, 6.45) is 3.77. The van der Waals surface area contributed by atoms with Gasteiger partial charge in [-0.1, -0.05) is 11.8 Å². The third-order valence-electron chi connectivity index (χ3n) is 4.98. The van der Waals surface area contributed by atoms with Crippen molar-refractivity contribution in [1.29, 1.82) is 0 Å². The number of aromatic nitrogens is 3. The van der Waals surface area contributed by atoms with Crippen molar-refractivity contribution in [3.05, 3.63) is 48.5 Å². The fourth-order valence-electron chi connectivity index (χ4n) is 3.36. The molecule has 0 radical (unpaired) electrons. The van der Waals surface area contributed by atoms with Gasteiger partial charge >= 0.3 is 0 Å². The molecule has 7 heteroatoms. The highest BCUT2D eigenvalue weighted by atomic mass is 32.2. The summed E-state index contributed by atoms with van der Waals surface area (Å²) in [7, 11) is 3.33. The highest BCUT2D eigenvalue weighted by Crippen LogP contribution is 2.31. The fraction of sp³-hybridized carbons (Fsp3) is 0.364. The second-order valence-electron chi connectivity index (χ2n) is 6.87. The summed E-state index contributed by atoms with van der Waals surface area (Å²) in [6.45, 7) is 0.855. The number of nitrogens with zero attached hydrogens (tertiary/aromatic N) is 3. The first-order valence-corrected chi connectivity index (χ1v) is 10.8. The Hall–Kier alpha value is -2.51. The van der Waals surface area contributed by atoms with Crippen LogP contribution in [0.15, 0.2) is 53.7 Å². The Labute approximate surface area is 175 Å². The average molecular weight is 412 g/mol. The van der Waals surface area contributed by atoms with Crippen LogP contribution < -0.4 is 9.47 Å². The van der Waals surface area contributed by atoms with E-state index in [-0.39, 0.29) is 6.10 Å². The predicted molar refractivity (Wildman–Crippen MR) is 114 cm³/mol. The molecule has 3 aromatic rings. The van der Waals surface area contributed by atoms with E-state index in [1.165, 1.54) is 6.42 Å². The zero-order valence-electron chi connectivity index (χ0n) is 16.7. The molecule has 29 heavy (non-hydrogen) atoms. The smallest absolute Gasteiger partial charge is 0.196 e. The van der Waals surface area contributed by atoms with E-state index >= 15 is 0 Å². The molecule has 0 amide bonds. The predicted octanol–water partition coefficient (Wildman–Crippen LogP) is 4.61.